The maximum atomic E-state index is 12.6. The van der Waals surface area contributed by atoms with Gasteiger partial charge >= 0.3 is 6.36 Å². The molecule has 1 N–H and O–H groups in total. The van der Waals surface area contributed by atoms with Gasteiger partial charge in [-0.25, -0.2) is 0 Å². The molecule has 156 valence electrons. The van der Waals surface area contributed by atoms with Gasteiger partial charge < -0.3 is 24.3 Å². The minimum atomic E-state index is -4.77. The molecule has 0 atom stereocenters. The molecule has 29 heavy (non-hydrogen) atoms. The standard InChI is InChI=1S/C20H20F3NO5/c1-19(11-27-17(28-12-19)13-3-7-15(26-2)8-4-13)18(25)24-14-5-9-16(10-6-14)29-20(21,22)23/h3-10,17H,11-12H2,1-2H3,(H,24,25). The predicted molar refractivity (Wildman–Crippen MR) is 97.5 cm³/mol. The zero-order valence-electron chi connectivity index (χ0n) is 15.8. The number of hydrogen-bond donors (Lipinski definition) is 1. The number of anilines is 1. The van der Waals surface area contributed by atoms with Gasteiger partial charge in [-0.3, -0.25) is 4.79 Å². The van der Waals surface area contributed by atoms with Crippen LogP contribution in [0.1, 0.15) is 18.8 Å². The molecule has 2 aromatic rings. The largest absolute Gasteiger partial charge is 0.573 e. The number of carbonyl (C=O) groups is 1. The van der Waals surface area contributed by atoms with Crippen LogP contribution in [0.5, 0.6) is 11.5 Å². The molecule has 0 unspecified atom stereocenters. The molecule has 2 aromatic carbocycles. The Hall–Kier alpha value is -2.78. The average Bonchev–Trinajstić information content (AvgIpc) is 2.69. The summed E-state index contributed by atoms with van der Waals surface area (Å²) < 4.78 is 57.0. The smallest absolute Gasteiger partial charge is 0.497 e. The van der Waals surface area contributed by atoms with Gasteiger partial charge in [-0.05, 0) is 43.3 Å². The SMILES string of the molecule is COc1ccc(C2OCC(C)(C(=O)Nc3ccc(OC(F)(F)F)cc3)CO2)cc1. The highest BCUT2D eigenvalue weighted by Gasteiger charge is 2.40. The van der Waals surface area contributed by atoms with Gasteiger partial charge in [0.2, 0.25) is 5.91 Å². The second-order valence-electron chi connectivity index (χ2n) is 6.81. The molecule has 0 aromatic heterocycles. The molecule has 1 amide bonds. The van der Waals surface area contributed by atoms with Crippen molar-refractivity contribution in [1.29, 1.82) is 0 Å². The third-order valence-corrected chi connectivity index (χ3v) is 4.39. The summed E-state index contributed by atoms with van der Waals surface area (Å²) in [6.07, 6.45) is -5.37. The van der Waals surface area contributed by atoms with E-state index >= 15 is 0 Å². The molecule has 0 aliphatic carbocycles. The molecule has 1 heterocycles. The fourth-order valence-corrected chi connectivity index (χ4v) is 2.72. The fraction of sp³-hybridized carbons (Fsp3) is 0.350. The number of alkyl halides is 3. The van der Waals surface area contributed by atoms with Crippen molar-refractivity contribution in [1.82, 2.24) is 0 Å². The van der Waals surface area contributed by atoms with Crippen LogP contribution in [-0.4, -0.2) is 32.6 Å². The normalized spacial score (nSPS) is 22.0. The molecule has 0 bridgehead atoms. The Morgan fingerprint density at radius 2 is 1.59 bits per heavy atom. The van der Waals surface area contributed by atoms with Crippen molar-refractivity contribution in [3.63, 3.8) is 0 Å². The van der Waals surface area contributed by atoms with Crippen LogP contribution in [0.15, 0.2) is 48.5 Å². The predicted octanol–water partition coefficient (Wildman–Crippen LogP) is 4.28. The first kappa shape index (κ1) is 20.9. The van der Waals surface area contributed by atoms with E-state index in [9.17, 15) is 18.0 Å². The summed E-state index contributed by atoms with van der Waals surface area (Å²) in [5.74, 6) is -0.0241. The third kappa shape index (κ3) is 5.39. The van der Waals surface area contributed by atoms with Crippen LogP contribution in [0.3, 0.4) is 0 Å². The second kappa shape index (κ2) is 8.30. The van der Waals surface area contributed by atoms with E-state index in [2.05, 4.69) is 10.1 Å². The van der Waals surface area contributed by atoms with Crippen molar-refractivity contribution in [2.45, 2.75) is 19.6 Å². The van der Waals surface area contributed by atoms with Crippen LogP contribution in [-0.2, 0) is 14.3 Å². The van der Waals surface area contributed by atoms with Gasteiger partial charge in [0.1, 0.15) is 11.5 Å². The van der Waals surface area contributed by atoms with E-state index in [1.54, 1.807) is 26.2 Å². The highest BCUT2D eigenvalue weighted by molar-refractivity contribution is 5.95. The number of amides is 1. The lowest BCUT2D eigenvalue weighted by Gasteiger charge is -2.36. The zero-order valence-corrected chi connectivity index (χ0v) is 15.8. The van der Waals surface area contributed by atoms with Crippen molar-refractivity contribution in [2.24, 2.45) is 5.41 Å². The molecule has 0 saturated carbocycles. The van der Waals surface area contributed by atoms with Gasteiger partial charge in [0.25, 0.3) is 0 Å². The Morgan fingerprint density at radius 3 is 2.10 bits per heavy atom. The number of carbonyl (C=O) groups excluding carboxylic acids is 1. The number of halogens is 3. The van der Waals surface area contributed by atoms with Gasteiger partial charge in [-0.2, -0.15) is 0 Å². The fourth-order valence-electron chi connectivity index (χ4n) is 2.72. The molecule has 0 spiro atoms. The maximum absolute atomic E-state index is 12.6. The Bertz CT molecular complexity index is 829. The van der Waals surface area contributed by atoms with E-state index < -0.39 is 18.1 Å². The van der Waals surface area contributed by atoms with Crippen LogP contribution in [0.2, 0.25) is 0 Å². The first-order chi connectivity index (χ1) is 13.7. The van der Waals surface area contributed by atoms with E-state index in [0.29, 0.717) is 11.4 Å². The topological polar surface area (TPSA) is 66.0 Å². The lowest BCUT2D eigenvalue weighted by molar-refractivity contribution is -0.274. The Balaban J connectivity index is 1.57. The second-order valence-corrected chi connectivity index (χ2v) is 6.81. The minimum absolute atomic E-state index is 0.116. The van der Waals surface area contributed by atoms with E-state index in [1.165, 1.54) is 12.1 Å². The molecule has 1 aliphatic rings. The summed E-state index contributed by atoms with van der Waals surface area (Å²) in [5.41, 5.74) is 0.181. The quantitative estimate of drug-likeness (QED) is 0.796. The molecular formula is C20H20F3NO5. The van der Waals surface area contributed by atoms with Crippen molar-refractivity contribution >= 4 is 11.6 Å². The van der Waals surface area contributed by atoms with Crippen LogP contribution in [0.25, 0.3) is 0 Å². The zero-order chi connectivity index (χ0) is 21.1. The minimum Gasteiger partial charge on any atom is -0.497 e. The van der Waals surface area contributed by atoms with Gasteiger partial charge in [-0.15, -0.1) is 13.2 Å². The molecule has 6 nitrogen and oxygen atoms in total. The maximum Gasteiger partial charge on any atom is 0.573 e. The van der Waals surface area contributed by atoms with Crippen molar-refractivity contribution in [2.75, 3.05) is 25.6 Å². The van der Waals surface area contributed by atoms with Gasteiger partial charge in [-0.1, -0.05) is 12.1 Å². The summed E-state index contributed by atoms with van der Waals surface area (Å²) in [6.45, 7) is 1.92. The summed E-state index contributed by atoms with van der Waals surface area (Å²) in [4.78, 5) is 12.6. The highest BCUT2D eigenvalue weighted by atomic mass is 19.4. The molecular weight excluding hydrogens is 391 g/mol. The number of ether oxygens (including phenoxy) is 4. The van der Waals surface area contributed by atoms with Gasteiger partial charge in [0.15, 0.2) is 6.29 Å². The number of rotatable bonds is 5. The van der Waals surface area contributed by atoms with Crippen LogP contribution < -0.4 is 14.8 Å². The van der Waals surface area contributed by atoms with E-state index in [-0.39, 0.29) is 24.9 Å². The lowest BCUT2D eigenvalue weighted by atomic mass is 9.90. The molecule has 1 fully saturated rings. The molecule has 1 aliphatic heterocycles. The van der Waals surface area contributed by atoms with Crippen LogP contribution >= 0.6 is 0 Å². The highest BCUT2D eigenvalue weighted by Crippen LogP contribution is 2.33. The summed E-state index contributed by atoms with van der Waals surface area (Å²) in [5, 5.41) is 2.66. The van der Waals surface area contributed by atoms with Crippen molar-refractivity contribution in [3.05, 3.63) is 54.1 Å². The summed E-state index contributed by atoms with van der Waals surface area (Å²) >= 11 is 0. The van der Waals surface area contributed by atoms with Crippen LogP contribution in [0.4, 0.5) is 18.9 Å². The molecule has 1 saturated heterocycles. The van der Waals surface area contributed by atoms with E-state index in [1.807, 2.05) is 12.1 Å². The molecule has 3 rings (SSSR count). The monoisotopic (exact) mass is 411 g/mol. The first-order valence-corrected chi connectivity index (χ1v) is 8.73. The Kier molecular flexibility index (Phi) is 5.99. The first-order valence-electron chi connectivity index (χ1n) is 8.73. The Labute approximate surface area is 165 Å². The average molecular weight is 411 g/mol. The molecule has 9 heteroatoms. The van der Waals surface area contributed by atoms with Crippen molar-refractivity contribution < 1.29 is 36.9 Å². The molecule has 0 radical (unpaired) electrons. The lowest BCUT2D eigenvalue weighted by Crippen LogP contribution is -2.45. The third-order valence-electron chi connectivity index (χ3n) is 4.39. The van der Waals surface area contributed by atoms with Crippen molar-refractivity contribution in [3.8, 4) is 11.5 Å². The van der Waals surface area contributed by atoms with Crippen LogP contribution in [0, 0.1) is 5.41 Å². The summed E-state index contributed by atoms with van der Waals surface area (Å²) in [6, 6.07) is 12.1. The number of nitrogens with one attached hydrogen (secondary N) is 1. The number of benzene rings is 2. The summed E-state index contributed by atoms with van der Waals surface area (Å²) in [7, 11) is 1.57. The van der Waals surface area contributed by atoms with Gasteiger partial charge in [0, 0.05) is 11.3 Å². The van der Waals surface area contributed by atoms with E-state index in [4.69, 9.17) is 14.2 Å². The Morgan fingerprint density at radius 1 is 1.03 bits per heavy atom. The van der Waals surface area contributed by atoms with E-state index in [0.717, 1.165) is 17.7 Å². The number of hydrogen-bond acceptors (Lipinski definition) is 5. The van der Waals surface area contributed by atoms with Gasteiger partial charge in [0.05, 0.1) is 25.7 Å². The number of methoxy groups -OCH3 is 1.